The Kier molecular flexibility index (Phi) is 6.14. The highest BCUT2D eigenvalue weighted by Crippen LogP contribution is 2.29. The van der Waals surface area contributed by atoms with E-state index in [2.05, 4.69) is 10.3 Å². The zero-order chi connectivity index (χ0) is 25.2. The van der Waals surface area contributed by atoms with Crippen molar-refractivity contribution in [1.82, 2.24) is 4.98 Å². The standard InChI is InChI=1S/C27H19N3O5S/c1-16(23(31)29-27-28-22(15-36-27)17-7-3-2-4-8-17)35-26(34)18-11-13-19(14-12-18)30-24(32)20-9-5-6-10-21(20)25(30)33/h2-16H,1H3,(H,28,29,31). The molecule has 0 aliphatic carbocycles. The van der Waals surface area contributed by atoms with E-state index in [0.29, 0.717) is 21.9 Å². The maximum absolute atomic E-state index is 12.6. The van der Waals surface area contributed by atoms with Crippen LogP contribution < -0.4 is 10.2 Å². The van der Waals surface area contributed by atoms with Gasteiger partial charge in [-0.3, -0.25) is 19.7 Å². The second-order valence-corrected chi connectivity index (χ2v) is 8.84. The van der Waals surface area contributed by atoms with Crippen LogP contribution in [-0.2, 0) is 9.53 Å². The van der Waals surface area contributed by atoms with Crippen LogP contribution in [0.4, 0.5) is 10.8 Å². The zero-order valence-electron chi connectivity index (χ0n) is 19.0. The van der Waals surface area contributed by atoms with Crippen molar-refractivity contribution < 1.29 is 23.9 Å². The summed E-state index contributed by atoms with van der Waals surface area (Å²) in [5.74, 6) is -2.07. The summed E-state index contributed by atoms with van der Waals surface area (Å²) in [6.07, 6.45) is -1.07. The average Bonchev–Trinajstić information content (AvgIpc) is 3.47. The summed E-state index contributed by atoms with van der Waals surface area (Å²) in [6, 6.07) is 22.0. The molecule has 8 nitrogen and oxygen atoms in total. The quantitative estimate of drug-likeness (QED) is 0.303. The van der Waals surface area contributed by atoms with Crippen LogP contribution >= 0.6 is 11.3 Å². The van der Waals surface area contributed by atoms with Crippen molar-refractivity contribution in [1.29, 1.82) is 0 Å². The number of hydrogen-bond donors (Lipinski definition) is 1. The van der Waals surface area contributed by atoms with Crippen LogP contribution in [0.1, 0.15) is 38.0 Å². The number of thiazole rings is 1. The molecule has 1 unspecified atom stereocenters. The van der Waals surface area contributed by atoms with E-state index >= 15 is 0 Å². The van der Waals surface area contributed by atoms with E-state index in [9.17, 15) is 19.2 Å². The normalized spacial score (nSPS) is 13.3. The van der Waals surface area contributed by atoms with Gasteiger partial charge < -0.3 is 4.74 Å². The Morgan fingerprint density at radius 1 is 0.889 bits per heavy atom. The van der Waals surface area contributed by atoms with Crippen LogP contribution in [0, 0.1) is 0 Å². The molecule has 178 valence electrons. The van der Waals surface area contributed by atoms with Crippen LogP contribution in [-0.4, -0.2) is 34.8 Å². The van der Waals surface area contributed by atoms with Crippen molar-refractivity contribution in [3.8, 4) is 11.3 Å². The molecule has 3 amide bonds. The van der Waals surface area contributed by atoms with Crippen LogP contribution in [0.3, 0.4) is 0 Å². The van der Waals surface area contributed by atoms with Gasteiger partial charge in [-0.1, -0.05) is 42.5 Å². The van der Waals surface area contributed by atoms with Gasteiger partial charge in [-0.2, -0.15) is 0 Å². The third-order valence-corrected chi connectivity index (χ3v) is 6.37. The first-order valence-electron chi connectivity index (χ1n) is 11.0. The molecule has 0 bridgehead atoms. The minimum atomic E-state index is -1.07. The van der Waals surface area contributed by atoms with Crippen molar-refractivity contribution >= 4 is 45.8 Å². The van der Waals surface area contributed by atoms with Gasteiger partial charge in [0, 0.05) is 10.9 Å². The fourth-order valence-corrected chi connectivity index (χ4v) is 4.45. The summed E-state index contributed by atoms with van der Waals surface area (Å²) in [5, 5.41) is 4.89. The Bertz CT molecular complexity index is 1450. The number of imide groups is 1. The second kappa shape index (κ2) is 9.55. The average molecular weight is 498 g/mol. The van der Waals surface area contributed by atoms with Crippen LogP contribution in [0.15, 0.2) is 84.2 Å². The van der Waals surface area contributed by atoms with Crippen LogP contribution in [0.5, 0.6) is 0 Å². The van der Waals surface area contributed by atoms with Gasteiger partial charge in [0.15, 0.2) is 11.2 Å². The maximum atomic E-state index is 12.6. The van der Waals surface area contributed by atoms with Gasteiger partial charge in [0.1, 0.15) is 0 Å². The molecule has 1 N–H and O–H groups in total. The van der Waals surface area contributed by atoms with Gasteiger partial charge in [-0.25, -0.2) is 14.7 Å². The van der Waals surface area contributed by atoms with E-state index in [0.717, 1.165) is 16.2 Å². The van der Waals surface area contributed by atoms with Crippen molar-refractivity contribution in [3.63, 3.8) is 0 Å². The SMILES string of the molecule is CC(OC(=O)c1ccc(N2C(=O)c3ccccc3C2=O)cc1)C(=O)Nc1nc(-c2ccccc2)cs1. The highest BCUT2D eigenvalue weighted by molar-refractivity contribution is 7.14. The highest BCUT2D eigenvalue weighted by Gasteiger charge is 2.36. The fourth-order valence-electron chi connectivity index (χ4n) is 3.73. The number of fused-ring (bicyclic) bond motifs is 1. The number of ether oxygens (including phenoxy) is 1. The summed E-state index contributed by atoms with van der Waals surface area (Å²) >= 11 is 1.27. The maximum Gasteiger partial charge on any atom is 0.338 e. The Morgan fingerprint density at radius 3 is 2.14 bits per heavy atom. The number of nitrogens with zero attached hydrogens (tertiary/aromatic N) is 2. The number of hydrogen-bond acceptors (Lipinski definition) is 7. The summed E-state index contributed by atoms with van der Waals surface area (Å²) in [6.45, 7) is 1.46. The minimum absolute atomic E-state index is 0.177. The Balaban J connectivity index is 1.21. The molecule has 3 aromatic carbocycles. The number of carbonyl (C=O) groups excluding carboxylic acids is 4. The van der Waals surface area contributed by atoms with E-state index in [-0.39, 0.29) is 5.56 Å². The molecule has 4 aromatic rings. The predicted molar refractivity (Wildman–Crippen MR) is 135 cm³/mol. The van der Waals surface area contributed by atoms with Gasteiger partial charge >= 0.3 is 5.97 Å². The first kappa shape index (κ1) is 23.1. The fraction of sp³-hybridized carbons (Fsp3) is 0.0741. The number of esters is 1. The zero-order valence-corrected chi connectivity index (χ0v) is 19.8. The van der Waals surface area contributed by atoms with E-state index in [1.807, 2.05) is 35.7 Å². The van der Waals surface area contributed by atoms with Crippen molar-refractivity contribution in [2.45, 2.75) is 13.0 Å². The third kappa shape index (κ3) is 4.39. The largest absolute Gasteiger partial charge is 0.449 e. The lowest BCUT2D eigenvalue weighted by molar-refractivity contribution is -0.123. The second-order valence-electron chi connectivity index (χ2n) is 7.98. The molecule has 1 aliphatic heterocycles. The molecule has 1 aromatic heterocycles. The molecule has 0 saturated carbocycles. The molecule has 36 heavy (non-hydrogen) atoms. The molecule has 0 saturated heterocycles. The third-order valence-electron chi connectivity index (χ3n) is 5.61. The number of carbonyl (C=O) groups is 4. The molecule has 2 heterocycles. The lowest BCUT2D eigenvalue weighted by Gasteiger charge is -2.15. The lowest BCUT2D eigenvalue weighted by atomic mass is 10.1. The number of benzene rings is 3. The number of rotatable bonds is 6. The predicted octanol–water partition coefficient (Wildman–Crippen LogP) is 4.79. The molecule has 0 fully saturated rings. The number of anilines is 2. The topological polar surface area (TPSA) is 106 Å². The van der Waals surface area contributed by atoms with Crippen LogP contribution in [0.25, 0.3) is 11.3 Å². The van der Waals surface area contributed by atoms with Gasteiger partial charge in [0.2, 0.25) is 0 Å². The summed E-state index contributed by atoms with van der Waals surface area (Å²) in [7, 11) is 0. The molecule has 1 aliphatic rings. The van der Waals surface area contributed by atoms with E-state index in [1.54, 1.807) is 24.3 Å². The monoisotopic (exact) mass is 497 g/mol. The van der Waals surface area contributed by atoms with Crippen molar-refractivity contribution in [2.24, 2.45) is 0 Å². The Morgan fingerprint density at radius 2 is 1.50 bits per heavy atom. The summed E-state index contributed by atoms with van der Waals surface area (Å²) < 4.78 is 5.30. The molecule has 0 spiro atoms. The van der Waals surface area contributed by atoms with Gasteiger partial charge in [0.25, 0.3) is 17.7 Å². The lowest BCUT2D eigenvalue weighted by Crippen LogP contribution is -2.30. The van der Waals surface area contributed by atoms with E-state index in [4.69, 9.17) is 4.74 Å². The Labute approximate surface area is 210 Å². The Hall–Kier alpha value is -4.63. The van der Waals surface area contributed by atoms with E-state index in [1.165, 1.54) is 42.5 Å². The molecule has 5 rings (SSSR count). The van der Waals surface area contributed by atoms with Gasteiger partial charge in [-0.15, -0.1) is 11.3 Å². The molecule has 9 heteroatoms. The van der Waals surface area contributed by atoms with E-state index < -0.39 is 29.8 Å². The molecular weight excluding hydrogens is 478 g/mol. The van der Waals surface area contributed by atoms with Gasteiger partial charge in [0.05, 0.1) is 28.1 Å². The summed E-state index contributed by atoms with van der Waals surface area (Å²) in [4.78, 5) is 55.9. The first-order valence-corrected chi connectivity index (χ1v) is 11.9. The minimum Gasteiger partial charge on any atom is -0.449 e. The summed E-state index contributed by atoms with van der Waals surface area (Å²) in [5.41, 5.74) is 2.85. The number of aromatic nitrogens is 1. The van der Waals surface area contributed by atoms with Gasteiger partial charge in [-0.05, 0) is 43.3 Å². The highest BCUT2D eigenvalue weighted by atomic mass is 32.1. The molecular formula is C27H19N3O5S. The van der Waals surface area contributed by atoms with Crippen LogP contribution in [0.2, 0.25) is 0 Å². The smallest absolute Gasteiger partial charge is 0.338 e. The molecule has 0 radical (unpaired) electrons. The number of amides is 3. The molecule has 1 atom stereocenters. The van der Waals surface area contributed by atoms with Crippen molar-refractivity contribution in [3.05, 3.63) is 101 Å². The van der Waals surface area contributed by atoms with Crippen molar-refractivity contribution in [2.75, 3.05) is 10.2 Å². The number of nitrogens with one attached hydrogen (secondary N) is 1. The first-order chi connectivity index (χ1) is 17.4.